The summed E-state index contributed by atoms with van der Waals surface area (Å²) in [5, 5.41) is 0.397. The molecule has 0 bridgehead atoms. The second kappa shape index (κ2) is 10.5. The van der Waals surface area contributed by atoms with Crippen LogP contribution in [-0.2, 0) is 22.2 Å². The number of nitrogens with zero attached hydrogens (tertiary/aromatic N) is 1. The molecule has 0 atom stereocenters. The molecule has 0 N–H and O–H groups in total. The van der Waals surface area contributed by atoms with E-state index in [-0.39, 0.29) is 64.5 Å². The van der Waals surface area contributed by atoms with E-state index in [0.29, 0.717) is 46.6 Å². The van der Waals surface area contributed by atoms with E-state index in [4.69, 9.17) is 9.47 Å². The van der Waals surface area contributed by atoms with E-state index in [1.54, 1.807) is 31.4 Å². The summed E-state index contributed by atoms with van der Waals surface area (Å²) in [6, 6.07) is 8.82. The van der Waals surface area contributed by atoms with Crippen molar-refractivity contribution in [3.63, 3.8) is 0 Å². The largest absolute Gasteiger partial charge is 1.00 e. The van der Waals surface area contributed by atoms with Gasteiger partial charge in [-0.3, -0.25) is 4.79 Å². The number of ether oxygens (including phenoxy) is 2. The van der Waals surface area contributed by atoms with Gasteiger partial charge in [0.05, 0.1) is 32.4 Å². The first-order valence-corrected chi connectivity index (χ1v) is 10.4. The molecule has 0 saturated heterocycles. The fourth-order valence-corrected chi connectivity index (χ4v) is 3.91. The molecule has 3 aromatic rings. The van der Waals surface area contributed by atoms with Crippen molar-refractivity contribution in [1.82, 2.24) is 4.57 Å². The van der Waals surface area contributed by atoms with Crippen molar-refractivity contribution < 1.29 is 87.5 Å². The molecule has 0 radical (unpaired) electrons. The van der Waals surface area contributed by atoms with Gasteiger partial charge in [0.2, 0.25) is 0 Å². The summed E-state index contributed by atoms with van der Waals surface area (Å²) in [5.74, 6) is 1.15. The first kappa shape index (κ1) is 26.6. The summed E-state index contributed by atoms with van der Waals surface area (Å²) in [6.45, 7) is 1.73. The number of methoxy groups -OCH3 is 1. The molecule has 11 heteroatoms. The van der Waals surface area contributed by atoms with Crippen molar-refractivity contribution in [2.24, 2.45) is 0 Å². The second-order valence-corrected chi connectivity index (χ2v) is 7.93. The van der Waals surface area contributed by atoms with Crippen molar-refractivity contribution in [2.75, 3.05) is 13.7 Å². The fraction of sp³-hybridized carbons (Fsp3) is 0.250. The van der Waals surface area contributed by atoms with Crippen LogP contribution >= 0.6 is 7.82 Å². The van der Waals surface area contributed by atoms with Crippen LogP contribution in [0.25, 0.3) is 22.0 Å². The Morgan fingerprint density at radius 3 is 2.48 bits per heavy atom. The molecule has 4 rings (SSSR count). The second-order valence-electron chi connectivity index (χ2n) is 6.78. The maximum absolute atomic E-state index is 13.3. The predicted octanol–water partition coefficient (Wildman–Crippen LogP) is -4.27. The molecule has 1 aromatic heterocycles. The van der Waals surface area contributed by atoms with Crippen molar-refractivity contribution in [1.29, 1.82) is 0 Å². The van der Waals surface area contributed by atoms with Gasteiger partial charge in [0.25, 0.3) is 0 Å². The van der Waals surface area contributed by atoms with Crippen LogP contribution in [0.3, 0.4) is 0 Å². The Morgan fingerprint density at radius 2 is 1.87 bits per heavy atom. The van der Waals surface area contributed by atoms with Gasteiger partial charge in [0.15, 0.2) is 5.43 Å². The third kappa shape index (κ3) is 5.47. The topological polar surface area (TPSA) is 113 Å². The molecule has 2 aromatic carbocycles. The quantitative estimate of drug-likeness (QED) is 0.279. The Balaban J connectivity index is 0.00000171. The first-order chi connectivity index (χ1) is 13.8. The van der Waals surface area contributed by atoms with E-state index in [1.165, 1.54) is 10.8 Å². The molecule has 0 spiro atoms. The molecule has 0 amide bonds. The average Bonchev–Trinajstić information content (AvgIpc) is 3.14. The van der Waals surface area contributed by atoms with Crippen molar-refractivity contribution in [2.45, 2.75) is 20.1 Å². The van der Waals surface area contributed by atoms with Gasteiger partial charge in [0, 0.05) is 18.2 Å². The Kier molecular flexibility index (Phi) is 9.04. The number of hydrogen-bond donors (Lipinski definition) is 0. The first-order valence-electron chi connectivity index (χ1n) is 8.92. The number of fused-ring (bicyclic) bond motifs is 3. The summed E-state index contributed by atoms with van der Waals surface area (Å²) in [7, 11) is -3.66. The van der Waals surface area contributed by atoms with Crippen LogP contribution < -0.4 is 83.8 Å². The number of phosphoric ester groups is 1. The maximum atomic E-state index is 13.3. The van der Waals surface area contributed by atoms with Crippen LogP contribution in [0.15, 0.2) is 41.3 Å². The van der Waals surface area contributed by atoms with E-state index < -0.39 is 14.6 Å². The van der Waals surface area contributed by atoms with Gasteiger partial charge in [-0.25, -0.2) is 0 Å². The van der Waals surface area contributed by atoms with Crippen LogP contribution in [-0.4, -0.2) is 18.3 Å². The van der Waals surface area contributed by atoms with Gasteiger partial charge in [-0.1, -0.05) is 18.2 Å². The van der Waals surface area contributed by atoms with Crippen LogP contribution in [0.2, 0.25) is 0 Å². The summed E-state index contributed by atoms with van der Waals surface area (Å²) >= 11 is 0. The van der Waals surface area contributed by atoms with Crippen molar-refractivity contribution >= 4 is 18.7 Å². The smallest absolute Gasteiger partial charge is 0.790 e. The molecule has 2 heterocycles. The van der Waals surface area contributed by atoms with Gasteiger partial charge in [-0.05, 0) is 35.7 Å². The van der Waals surface area contributed by atoms with E-state index in [9.17, 15) is 19.1 Å². The zero-order chi connectivity index (χ0) is 20.8. The van der Waals surface area contributed by atoms with Crippen molar-refractivity contribution in [3.8, 4) is 22.6 Å². The summed E-state index contributed by atoms with van der Waals surface area (Å²) < 4.78 is 27.9. The molecule has 0 aliphatic carbocycles. The molecule has 1 aliphatic rings. The average molecular weight is 461 g/mol. The Morgan fingerprint density at radius 1 is 1.19 bits per heavy atom. The zero-order valence-corrected chi connectivity index (χ0v) is 22.7. The fourth-order valence-electron chi connectivity index (χ4n) is 3.65. The van der Waals surface area contributed by atoms with Gasteiger partial charge >= 0.3 is 59.1 Å². The minimum absolute atomic E-state index is 0. The normalized spacial score (nSPS) is 12.5. The maximum Gasteiger partial charge on any atom is 1.00 e. The van der Waals surface area contributed by atoms with E-state index in [2.05, 4.69) is 4.52 Å². The number of hydrogen-bond acceptors (Lipinski definition) is 7. The number of rotatable bonds is 5. The molecule has 152 valence electrons. The number of aromatic nitrogens is 1. The molecule has 0 fully saturated rings. The molecular formula is C20H18NNa2O7P. The molecule has 31 heavy (non-hydrogen) atoms. The van der Waals surface area contributed by atoms with Crippen LogP contribution in [0, 0.1) is 6.92 Å². The van der Waals surface area contributed by atoms with Gasteiger partial charge < -0.3 is 32.9 Å². The zero-order valence-electron chi connectivity index (χ0n) is 17.8. The van der Waals surface area contributed by atoms with E-state index in [0.717, 1.165) is 11.1 Å². The molecular weight excluding hydrogens is 443 g/mol. The summed E-state index contributed by atoms with van der Waals surface area (Å²) in [6.07, 6.45) is 2.17. The number of aryl methyl sites for hydroxylation is 1. The van der Waals surface area contributed by atoms with Gasteiger partial charge in [-0.15, -0.1) is 0 Å². The molecule has 8 nitrogen and oxygen atoms in total. The molecule has 0 unspecified atom stereocenters. The minimum Gasteiger partial charge on any atom is -0.790 e. The standard InChI is InChI=1S/C20H20NO7P.2Na/c1-12-9-14-7-8-27-20(14)18-17(12)19(22)16(10-21(18)11-28-29(23,24)25)13-3-5-15(26-2)6-4-13;;/h3-6,9-10H,7-8,11H2,1-2H3,(H2,23,24,25);;/q;2*+1/p-2. The number of benzene rings is 2. The van der Waals surface area contributed by atoms with E-state index >= 15 is 0 Å². The summed E-state index contributed by atoms with van der Waals surface area (Å²) in [5.41, 5.74) is 2.84. The SMILES string of the molecule is COc1ccc(-c2cn(COP(=O)([O-])[O-])c3c4c(cc(C)c3c2=O)CCO4)cc1.[Na+].[Na+]. The Hall–Kier alpha value is -0.640. The predicted molar refractivity (Wildman–Crippen MR) is 103 cm³/mol. The Labute approximate surface area is 223 Å². The van der Waals surface area contributed by atoms with E-state index in [1.807, 2.05) is 13.0 Å². The monoisotopic (exact) mass is 461 g/mol. The molecule has 0 saturated carbocycles. The van der Waals surface area contributed by atoms with Gasteiger partial charge in [-0.2, -0.15) is 0 Å². The Bertz CT molecular complexity index is 1210. The number of phosphoric acid groups is 1. The molecule has 1 aliphatic heterocycles. The van der Waals surface area contributed by atoms with Gasteiger partial charge in [0.1, 0.15) is 18.2 Å². The third-order valence-electron chi connectivity index (χ3n) is 4.95. The van der Waals surface area contributed by atoms with Crippen LogP contribution in [0.1, 0.15) is 11.1 Å². The summed E-state index contributed by atoms with van der Waals surface area (Å²) in [4.78, 5) is 35.5. The third-order valence-corrected chi connectivity index (χ3v) is 5.38. The minimum atomic E-state index is -5.21. The van der Waals surface area contributed by atoms with Crippen LogP contribution in [0.4, 0.5) is 0 Å². The van der Waals surface area contributed by atoms with Crippen LogP contribution in [0.5, 0.6) is 11.5 Å². The van der Waals surface area contributed by atoms with Crippen molar-refractivity contribution in [3.05, 3.63) is 57.9 Å². The number of pyridine rings is 1.